The first-order valence-electron chi connectivity index (χ1n) is 4.60. The number of ketones is 1. The molecule has 2 heterocycles. The minimum Gasteiger partial charge on any atom is -0.380 e. The lowest BCUT2D eigenvalue weighted by molar-refractivity contribution is -0.130. The number of Topliss-reactive ketones (excluding diaryl/α,β-unsaturated/α-hetero) is 1. The SMILES string of the molecule is O=C1CCOCC1Cc1ccc(Br)s1. The summed E-state index contributed by atoms with van der Waals surface area (Å²) in [7, 11) is 0. The zero-order chi connectivity index (χ0) is 9.97. The Bertz CT molecular complexity index is 335. The molecule has 76 valence electrons. The van der Waals surface area contributed by atoms with Crippen molar-refractivity contribution in [3.8, 4) is 0 Å². The van der Waals surface area contributed by atoms with Gasteiger partial charge in [0.1, 0.15) is 5.78 Å². The van der Waals surface area contributed by atoms with Crippen LogP contribution in [0.1, 0.15) is 11.3 Å². The van der Waals surface area contributed by atoms with Gasteiger partial charge in [-0.1, -0.05) is 0 Å². The van der Waals surface area contributed by atoms with Crippen LogP contribution < -0.4 is 0 Å². The first kappa shape index (κ1) is 10.3. The van der Waals surface area contributed by atoms with Gasteiger partial charge in [-0.2, -0.15) is 0 Å². The molecule has 14 heavy (non-hydrogen) atoms. The van der Waals surface area contributed by atoms with Gasteiger partial charge in [0, 0.05) is 17.2 Å². The molecule has 0 N–H and O–H groups in total. The van der Waals surface area contributed by atoms with Crippen LogP contribution in [-0.2, 0) is 16.0 Å². The highest BCUT2D eigenvalue weighted by molar-refractivity contribution is 9.11. The van der Waals surface area contributed by atoms with Crippen LogP contribution >= 0.6 is 27.3 Å². The van der Waals surface area contributed by atoms with Crippen molar-refractivity contribution in [3.63, 3.8) is 0 Å². The molecule has 1 aliphatic heterocycles. The molecule has 0 spiro atoms. The third kappa shape index (κ3) is 2.43. The highest BCUT2D eigenvalue weighted by atomic mass is 79.9. The molecule has 0 bridgehead atoms. The third-order valence-corrected chi connectivity index (χ3v) is 3.99. The Morgan fingerprint density at radius 2 is 2.43 bits per heavy atom. The summed E-state index contributed by atoms with van der Waals surface area (Å²) < 4.78 is 6.43. The number of rotatable bonds is 2. The number of hydrogen-bond donors (Lipinski definition) is 0. The minimum atomic E-state index is 0.0781. The Morgan fingerprint density at radius 3 is 3.07 bits per heavy atom. The molecular weight excluding hydrogens is 264 g/mol. The van der Waals surface area contributed by atoms with E-state index in [1.807, 2.05) is 6.07 Å². The molecule has 2 rings (SSSR count). The van der Waals surface area contributed by atoms with Crippen molar-refractivity contribution in [3.05, 3.63) is 20.8 Å². The molecule has 4 heteroatoms. The summed E-state index contributed by atoms with van der Waals surface area (Å²) in [4.78, 5) is 12.8. The fourth-order valence-corrected chi connectivity index (χ4v) is 3.14. The minimum absolute atomic E-state index is 0.0781. The highest BCUT2D eigenvalue weighted by Gasteiger charge is 2.23. The Labute approximate surface area is 95.4 Å². The zero-order valence-electron chi connectivity index (χ0n) is 7.66. The molecule has 1 aromatic heterocycles. The van der Waals surface area contributed by atoms with Crippen LogP contribution in [0.5, 0.6) is 0 Å². The van der Waals surface area contributed by atoms with Crippen molar-refractivity contribution in [1.29, 1.82) is 0 Å². The van der Waals surface area contributed by atoms with E-state index >= 15 is 0 Å². The van der Waals surface area contributed by atoms with Crippen LogP contribution in [0.15, 0.2) is 15.9 Å². The van der Waals surface area contributed by atoms with Crippen LogP contribution in [0.3, 0.4) is 0 Å². The highest BCUT2D eigenvalue weighted by Crippen LogP contribution is 2.25. The Morgan fingerprint density at radius 1 is 1.57 bits per heavy atom. The average Bonchev–Trinajstić information content (AvgIpc) is 2.56. The predicted octanol–water partition coefficient (Wildman–Crippen LogP) is 2.66. The molecule has 1 aliphatic rings. The van der Waals surface area contributed by atoms with Crippen LogP contribution in [0.2, 0.25) is 0 Å². The van der Waals surface area contributed by atoms with Crippen LogP contribution in [0, 0.1) is 5.92 Å². The summed E-state index contributed by atoms with van der Waals surface area (Å²) in [6.07, 6.45) is 1.41. The third-order valence-electron chi connectivity index (χ3n) is 2.34. The fourth-order valence-electron chi connectivity index (χ4n) is 1.57. The van der Waals surface area contributed by atoms with E-state index in [0.29, 0.717) is 25.4 Å². The summed E-state index contributed by atoms with van der Waals surface area (Å²) in [6.45, 7) is 1.19. The first-order chi connectivity index (χ1) is 6.75. The van der Waals surface area contributed by atoms with Gasteiger partial charge in [0.15, 0.2) is 0 Å². The maximum atomic E-state index is 11.5. The Balaban J connectivity index is 1.99. The summed E-state index contributed by atoms with van der Waals surface area (Å²) in [5.74, 6) is 0.426. The van der Waals surface area contributed by atoms with Gasteiger partial charge in [0.25, 0.3) is 0 Å². The van der Waals surface area contributed by atoms with E-state index in [4.69, 9.17) is 4.74 Å². The lowest BCUT2D eigenvalue weighted by atomic mass is 9.96. The van der Waals surface area contributed by atoms with Crippen LogP contribution in [0.4, 0.5) is 0 Å². The van der Waals surface area contributed by atoms with E-state index in [1.165, 1.54) is 4.88 Å². The number of thiophene rings is 1. The Kier molecular flexibility index (Phi) is 3.36. The molecule has 0 saturated carbocycles. The fraction of sp³-hybridized carbons (Fsp3) is 0.500. The van der Waals surface area contributed by atoms with E-state index in [-0.39, 0.29) is 5.92 Å². The van der Waals surface area contributed by atoms with Crippen molar-refractivity contribution in [2.75, 3.05) is 13.2 Å². The zero-order valence-corrected chi connectivity index (χ0v) is 10.1. The van der Waals surface area contributed by atoms with Crippen LogP contribution in [0.25, 0.3) is 0 Å². The van der Waals surface area contributed by atoms with Gasteiger partial charge in [0.2, 0.25) is 0 Å². The number of carbonyl (C=O) groups is 1. The molecule has 1 saturated heterocycles. The maximum Gasteiger partial charge on any atom is 0.140 e. The van der Waals surface area contributed by atoms with Gasteiger partial charge in [-0.3, -0.25) is 4.79 Å². The number of ether oxygens (including phenoxy) is 1. The number of hydrogen-bond acceptors (Lipinski definition) is 3. The van der Waals surface area contributed by atoms with E-state index < -0.39 is 0 Å². The van der Waals surface area contributed by atoms with Gasteiger partial charge < -0.3 is 4.74 Å². The Hall–Kier alpha value is -0.190. The molecular formula is C10H11BrO2S. The normalized spacial score (nSPS) is 22.6. The second kappa shape index (κ2) is 4.55. The predicted molar refractivity (Wildman–Crippen MR) is 59.7 cm³/mol. The maximum absolute atomic E-state index is 11.5. The van der Waals surface area contributed by atoms with Gasteiger partial charge in [-0.25, -0.2) is 0 Å². The average molecular weight is 275 g/mol. The molecule has 1 aromatic rings. The second-order valence-electron chi connectivity index (χ2n) is 3.40. The van der Waals surface area contributed by atoms with Crippen molar-refractivity contribution in [1.82, 2.24) is 0 Å². The van der Waals surface area contributed by atoms with Crippen LogP contribution in [-0.4, -0.2) is 19.0 Å². The molecule has 0 aromatic carbocycles. The molecule has 0 radical (unpaired) electrons. The van der Waals surface area contributed by atoms with E-state index in [9.17, 15) is 4.79 Å². The summed E-state index contributed by atoms with van der Waals surface area (Å²) in [5, 5.41) is 0. The smallest absolute Gasteiger partial charge is 0.140 e. The van der Waals surface area contributed by atoms with Crippen molar-refractivity contribution in [2.45, 2.75) is 12.8 Å². The lowest BCUT2D eigenvalue weighted by Gasteiger charge is -2.20. The summed E-state index contributed by atoms with van der Waals surface area (Å²) in [6, 6.07) is 4.09. The molecule has 0 amide bonds. The largest absolute Gasteiger partial charge is 0.380 e. The molecule has 0 aliphatic carbocycles. The molecule has 1 fully saturated rings. The standard InChI is InChI=1S/C10H11BrO2S/c11-10-2-1-8(14-10)5-7-6-13-4-3-9(7)12/h1-2,7H,3-6H2. The number of halogens is 1. The van der Waals surface area contributed by atoms with E-state index in [0.717, 1.165) is 10.2 Å². The lowest BCUT2D eigenvalue weighted by Crippen LogP contribution is -2.28. The second-order valence-corrected chi connectivity index (χ2v) is 5.95. The number of carbonyl (C=O) groups excluding carboxylic acids is 1. The quantitative estimate of drug-likeness (QED) is 0.829. The van der Waals surface area contributed by atoms with Gasteiger partial charge >= 0.3 is 0 Å². The van der Waals surface area contributed by atoms with Gasteiger partial charge in [0.05, 0.1) is 17.0 Å². The summed E-state index contributed by atoms with van der Waals surface area (Å²) in [5.41, 5.74) is 0. The van der Waals surface area contributed by atoms with Crippen molar-refractivity contribution in [2.24, 2.45) is 5.92 Å². The van der Waals surface area contributed by atoms with E-state index in [1.54, 1.807) is 11.3 Å². The van der Waals surface area contributed by atoms with E-state index in [2.05, 4.69) is 22.0 Å². The molecule has 1 atom stereocenters. The topological polar surface area (TPSA) is 26.3 Å². The molecule has 1 unspecified atom stereocenters. The van der Waals surface area contributed by atoms with Crippen molar-refractivity contribution < 1.29 is 9.53 Å². The molecule has 2 nitrogen and oxygen atoms in total. The summed E-state index contributed by atoms with van der Waals surface area (Å²) >= 11 is 5.11. The monoisotopic (exact) mass is 274 g/mol. The first-order valence-corrected chi connectivity index (χ1v) is 6.21. The van der Waals surface area contributed by atoms with Gasteiger partial charge in [-0.15, -0.1) is 11.3 Å². The van der Waals surface area contributed by atoms with Gasteiger partial charge in [-0.05, 0) is 34.5 Å². The van der Waals surface area contributed by atoms with Crippen molar-refractivity contribution >= 4 is 33.0 Å².